The van der Waals surface area contributed by atoms with E-state index in [1.165, 1.54) is 11.3 Å². The summed E-state index contributed by atoms with van der Waals surface area (Å²) in [4.78, 5) is 11.9. The molecule has 1 aliphatic carbocycles. The number of ketones is 1. The van der Waals surface area contributed by atoms with Crippen molar-refractivity contribution in [3.8, 4) is 11.3 Å². The molecule has 0 unspecified atom stereocenters. The summed E-state index contributed by atoms with van der Waals surface area (Å²) in [6.07, 6.45) is 2.70. The largest absolute Gasteiger partial charge is 0.347 e. The standard InChI is InChI=1S/C15H15NO/c1-16-13-8-5-9-15(17)12(13)10-14(16)11-6-3-2-4-7-11/h2-4,6-7,10H,5,8-9H2,1H3. The molecule has 0 saturated carbocycles. The Bertz CT molecular complexity index is 566. The molecule has 86 valence electrons. The molecular weight excluding hydrogens is 210 g/mol. The lowest BCUT2D eigenvalue weighted by Gasteiger charge is -2.12. The van der Waals surface area contributed by atoms with Gasteiger partial charge in [0.15, 0.2) is 5.78 Å². The molecule has 0 fully saturated rings. The molecule has 0 spiro atoms. The van der Waals surface area contributed by atoms with Crippen LogP contribution in [0.3, 0.4) is 0 Å². The second-order valence-corrected chi connectivity index (χ2v) is 4.59. The average Bonchev–Trinajstić information content (AvgIpc) is 2.70. The lowest BCUT2D eigenvalue weighted by molar-refractivity contribution is 0.0972. The highest BCUT2D eigenvalue weighted by Gasteiger charge is 2.22. The number of benzene rings is 1. The first-order valence-electron chi connectivity index (χ1n) is 6.04. The van der Waals surface area contributed by atoms with E-state index in [2.05, 4.69) is 23.7 Å². The molecule has 0 saturated heterocycles. The molecule has 0 atom stereocenters. The van der Waals surface area contributed by atoms with E-state index in [0.717, 1.165) is 24.1 Å². The summed E-state index contributed by atoms with van der Waals surface area (Å²) in [7, 11) is 2.06. The minimum Gasteiger partial charge on any atom is -0.347 e. The minimum atomic E-state index is 0.295. The van der Waals surface area contributed by atoms with Gasteiger partial charge in [0.25, 0.3) is 0 Å². The Morgan fingerprint density at radius 3 is 2.59 bits per heavy atom. The fourth-order valence-electron chi connectivity index (χ4n) is 2.62. The third kappa shape index (κ3) is 1.60. The number of hydrogen-bond acceptors (Lipinski definition) is 1. The third-order valence-corrected chi connectivity index (χ3v) is 3.55. The Balaban J connectivity index is 2.17. The van der Waals surface area contributed by atoms with E-state index in [0.29, 0.717) is 12.2 Å². The molecule has 0 radical (unpaired) electrons. The van der Waals surface area contributed by atoms with Crippen LogP contribution in [0.5, 0.6) is 0 Å². The van der Waals surface area contributed by atoms with Gasteiger partial charge in [0.2, 0.25) is 0 Å². The summed E-state index contributed by atoms with van der Waals surface area (Å²) < 4.78 is 2.17. The number of carbonyl (C=O) groups is 1. The predicted octanol–water partition coefficient (Wildman–Crippen LogP) is 3.21. The van der Waals surface area contributed by atoms with E-state index >= 15 is 0 Å². The zero-order valence-electron chi connectivity index (χ0n) is 9.94. The van der Waals surface area contributed by atoms with E-state index in [1.54, 1.807) is 0 Å². The number of carbonyl (C=O) groups excluding carboxylic acids is 1. The quantitative estimate of drug-likeness (QED) is 0.730. The monoisotopic (exact) mass is 225 g/mol. The number of Topliss-reactive ketones (excluding diaryl/α,β-unsaturated/α-hetero) is 1. The van der Waals surface area contributed by atoms with Crippen LogP contribution in [0.1, 0.15) is 28.9 Å². The minimum absolute atomic E-state index is 0.295. The molecule has 1 heterocycles. The van der Waals surface area contributed by atoms with Gasteiger partial charge in [-0.2, -0.15) is 0 Å². The maximum Gasteiger partial charge on any atom is 0.164 e. The topological polar surface area (TPSA) is 22.0 Å². The molecule has 0 aliphatic heterocycles. The molecule has 0 N–H and O–H groups in total. The fourth-order valence-corrected chi connectivity index (χ4v) is 2.62. The summed E-state index contributed by atoms with van der Waals surface area (Å²) in [6.45, 7) is 0. The van der Waals surface area contributed by atoms with Gasteiger partial charge < -0.3 is 4.57 Å². The molecule has 2 heteroatoms. The molecule has 2 nitrogen and oxygen atoms in total. The van der Waals surface area contributed by atoms with Gasteiger partial charge in [-0.25, -0.2) is 0 Å². The van der Waals surface area contributed by atoms with Crippen molar-refractivity contribution in [3.05, 3.63) is 47.7 Å². The van der Waals surface area contributed by atoms with Crippen LogP contribution in [-0.2, 0) is 13.5 Å². The van der Waals surface area contributed by atoms with Crippen molar-refractivity contribution in [2.75, 3.05) is 0 Å². The molecule has 3 rings (SSSR count). The fraction of sp³-hybridized carbons (Fsp3) is 0.267. The summed E-state index contributed by atoms with van der Waals surface area (Å²) in [6, 6.07) is 12.3. The first-order chi connectivity index (χ1) is 8.27. The van der Waals surface area contributed by atoms with Crippen LogP contribution < -0.4 is 0 Å². The predicted molar refractivity (Wildman–Crippen MR) is 68.1 cm³/mol. The van der Waals surface area contributed by atoms with Crippen molar-refractivity contribution in [2.24, 2.45) is 7.05 Å². The maximum absolute atomic E-state index is 11.9. The van der Waals surface area contributed by atoms with Crippen LogP contribution >= 0.6 is 0 Å². The van der Waals surface area contributed by atoms with Crippen molar-refractivity contribution in [2.45, 2.75) is 19.3 Å². The second-order valence-electron chi connectivity index (χ2n) is 4.59. The van der Waals surface area contributed by atoms with Crippen LogP contribution in [-0.4, -0.2) is 10.4 Å². The van der Waals surface area contributed by atoms with Gasteiger partial charge in [-0.15, -0.1) is 0 Å². The Labute approximate surface area is 101 Å². The summed E-state index contributed by atoms with van der Waals surface area (Å²) in [5, 5.41) is 0. The van der Waals surface area contributed by atoms with E-state index in [1.807, 2.05) is 24.3 Å². The van der Waals surface area contributed by atoms with Gasteiger partial charge in [-0.05, 0) is 24.5 Å². The van der Waals surface area contributed by atoms with E-state index in [9.17, 15) is 4.79 Å². The highest BCUT2D eigenvalue weighted by atomic mass is 16.1. The highest BCUT2D eigenvalue weighted by molar-refractivity contribution is 5.99. The number of hydrogen-bond donors (Lipinski definition) is 0. The van der Waals surface area contributed by atoms with Crippen molar-refractivity contribution < 1.29 is 4.79 Å². The number of nitrogens with zero attached hydrogens (tertiary/aromatic N) is 1. The van der Waals surface area contributed by atoms with E-state index < -0.39 is 0 Å². The Kier molecular flexibility index (Phi) is 2.36. The van der Waals surface area contributed by atoms with Crippen LogP contribution in [0.25, 0.3) is 11.3 Å². The molecule has 1 aromatic carbocycles. The molecular formula is C15H15NO. The van der Waals surface area contributed by atoms with Crippen molar-refractivity contribution in [1.29, 1.82) is 0 Å². The Morgan fingerprint density at radius 2 is 1.88 bits per heavy atom. The van der Waals surface area contributed by atoms with Crippen LogP contribution in [0.15, 0.2) is 36.4 Å². The summed E-state index contributed by atoms with van der Waals surface area (Å²) in [5.41, 5.74) is 4.45. The first kappa shape index (κ1) is 10.3. The number of rotatable bonds is 1. The van der Waals surface area contributed by atoms with Gasteiger partial charge in [-0.1, -0.05) is 30.3 Å². The SMILES string of the molecule is Cn1c(-c2ccccc2)cc2c1CCCC2=O. The van der Waals surface area contributed by atoms with Gasteiger partial charge in [0.1, 0.15) is 0 Å². The lowest BCUT2D eigenvalue weighted by Crippen LogP contribution is -2.11. The highest BCUT2D eigenvalue weighted by Crippen LogP contribution is 2.29. The van der Waals surface area contributed by atoms with Gasteiger partial charge >= 0.3 is 0 Å². The Hall–Kier alpha value is -1.83. The molecule has 0 bridgehead atoms. The molecule has 1 aromatic heterocycles. The lowest BCUT2D eigenvalue weighted by atomic mass is 9.96. The normalized spacial score (nSPS) is 14.8. The molecule has 0 amide bonds. The third-order valence-electron chi connectivity index (χ3n) is 3.55. The number of fused-ring (bicyclic) bond motifs is 1. The maximum atomic E-state index is 11.9. The molecule has 1 aliphatic rings. The van der Waals surface area contributed by atoms with Crippen LogP contribution in [0.2, 0.25) is 0 Å². The molecule has 2 aromatic rings. The summed E-state index contributed by atoms with van der Waals surface area (Å²) >= 11 is 0. The smallest absolute Gasteiger partial charge is 0.164 e. The summed E-state index contributed by atoms with van der Waals surface area (Å²) in [5.74, 6) is 0.295. The van der Waals surface area contributed by atoms with Crippen molar-refractivity contribution >= 4 is 5.78 Å². The van der Waals surface area contributed by atoms with Gasteiger partial charge in [-0.3, -0.25) is 4.79 Å². The van der Waals surface area contributed by atoms with Crippen LogP contribution in [0, 0.1) is 0 Å². The average molecular weight is 225 g/mol. The Morgan fingerprint density at radius 1 is 1.12 bits per heavy atom. The van der Waals surface area contributed by atoms with Crippen molar-refractivity contribution in [3.63, 3.8) is 0 Å². The van der Waals surface area contributed by atoms with Gasteiger partial charge in [0, 0.05) is 30.4 Å². The molecule has 17 heavy (non-hydrogen) atoms. The zero-order chi connectivity index (χ0) is 11.8. The van der Waals surface area contributed by atoms with E-state index in [4.69, 9.17) is 0 Å². The zero-order valence-corrected chi connectivity index (χ0v) is 9.94. The first-order valence-corrected chi connectivity index (χ1v) is 6.04. The van der Waals surface area contributed by atoms with E-state index in [-0.39, 0.29) is 0 Å². The van der Waals surface area contributed by atoms with Gasteiger partial charge in [0.05, 0.1) is 0 Å². The van der Waals surface area contributed by atoms with Crippen molar-refractivity contribution in [1.82, 2.24) is 4.57 Å². The number of aromatic nitrogens is 1. The second kappa shape index (κ2) is 3.88. The van der Waals surface area contributed by atoms with Crippen LogP contribution in [0.4, 0.5) is 0 Å².